The molecule has 0 saturated heterocycles. The number of fused-ring (bicyclic) bond motifs is 1. The predicted octanol–water partition coefficient (Wildman–Crippen LogP) is 3.37. The van der Waals surface area contributed by atoms with Gasteiger partial charge < -0.3 is 9.32 Å². The average Bonchev–Trinajstić information content (AvgIpc) is 2.98. The number of nitro groups is 1. The van der Waals surface area contributed by atoms with Gasteiger partial charge in [0.15, 0.2) is 0 Å². The van der Waals surface area contributed by atoms with Gasteiger partial charge in [-0.25, -0.2) is 0 Å². The van der Waals surface area contributed by atoms with E-state index < -0.39 is 0 Å². The molecule has 6 heteroatoms. The smallest absolute Gasteiger partial charge is 0.278 e. The second kappa shape index (κ2) is 5.24. The number of rotatable bonds is 4. The third kappa shape index (κ3) is 2.43. The Hall–Kier alpha value is -2.89. The summed E-state index contributed by atoms with van der Waals surface area (Å²) in [6.45, 7) is 0.586. The minimum absolute atomic E-state index is 0.0632. The van der Waals surface area contributed by atoms with Gasteiger partial charge in [-0.3, -0.25) is 15.1 Å². The third-order valence-corrected chi connectivity index (χ3v) is 3.35. The lowest BCUT2D eigenvalue weighted by atomic mass is 10.1. The van der Waals surface area contributed by atoms with Crippen LogP contribution < -0.4 is 4.90 Å². The molecule has 0 spiro atoms. The van der Waals surface area contributed by atoms with E-state index in [4.69, 9.17) is 4.42 Å². The number of non-ortho nitro benzene ring substituents is 1. The van der Waals surface area contributed by atoms with E-state index in [1.165, 1.54) is 12.3 Å². The summed E-state index contributed by atoms with van der Waals surface area (Å²) in [4.78, 5) is 16.7. The van der Waals surface area contributed by atoms with Crippen molar-refractivity contribution in [3.05, 3.63) is 64.9 Å². The van der Waals surface area contributed by atoms with Gasteiger partial charge in [-0.05, 0) is 24.3 Å². The maximum Gasteiger partial charge on any atom is 0.278 e. The molecule has 106 valence electrons. The lowest BCUT2D eigenvalue weighted by Crippen LogP contribution is -2.16. The Balaban J connectivity index is 2.07. The standard InChI is InChI=1S/C15H13N3O3/c1-17(10-11-3-2-8-21-11)14-4-5-15(18(19)20)13-9-16-7-6-12(13)14/h2-9H,10H2,1H3. The number of pyridine rings is 1. The maximum absolute atomic E-state index is 11.1. The van der Waals surface area contributed by atoms with E-state index >= 15 is 0 Å². The second-order valence-electron chi connectivity index (χ2n) is 4.72. The summed E-state index contributed by atoms with van der Waals surface area (Å²) in [5, 5.41) is 12.4. The Morgan fingerprint density at radius 3 is 2.86 bits per heavy atom. The van der Waals surface area contributed by atoms with Crippen molar-refractivity contribution in [3.63, 3.8) is 0 Å². The highest BCUT2D eigenvalue weighted by atomic mass is 16.6. The summed E-state index contributed by atoms with van der Waals surface area (Å²) in [5.41, 5.74) is 0.961. The first-order chi connectivity index (χ1) is 10.2. The zero-order valence-electron chi connectivity index (χ0n) is 11.4. The molecule has 3 aromatic rings. The predicted molar refractivity (Wildman–Crippen MR) is 79.2 cm³/mol. The van der Waals surface area contributed by atoms with Gasteiger partial charge in [-0.2, -0.15) is 0 Å². The molecule has 0 aliphatic heterocycles. The summed E-state index contributed by atoms with van der Waals surface area (Å²) >= 11 is 0. The van der Waals surface area contributed by atoms with Crippen molar-refractivity contribution >= 4 is 22.1 Å². The fourth-order valence-corrected chi connectivity index (χ4v) is 2.37. The highest BCUT2D eigenvalue weighted by Gasteiger charge is 2.16. The van der Waals surface area contributed by atoms with Crippen LogP contribution in [0.4, 0.5) is 11.4 Å². The molecule has 0 atom stereocenters. The highest BCUT2D eigenvalue weighted by Crippen LogP contribution is 2.32. The monoisotopic (exact) mass is 283 g/mol. The molecule has 0 bridgehead atoms. The molecule has 1 aromatic carbocycles. The molecule has 3 rings (SSSR count). The third-order valence-electron chi connectivity index (χ3n) is 3.35. The minimum Gasteiger partial charge on any atom is -0.467 e. The van der Waals surface area contributed by atoms with Crippen LogP contribution in [-0.2, 0) is 6.54 Å². The second-order valence-corrected chi connectivity index (χ2v) is 4.72. The number of anilines is 1. The summed E-state index contributed by atoms with van der Waals surface area (Å²) in [5.74, 6) is 0.832. The fraction of sp³-hybridized carbons (Fsp3) is 0.133. The number of benzene rings is 1. The Labute approximate surface area is 120 Å². The lowest BCUT2D eigenvalue weighted by molar-refractivity contribution is -0.383. The van der Waals surface area contributed by atoms with E-state index in [1.54, 1.807) is 24.6 Å². The summed E-state index contributed by atoms with van der Waals surface area (Å²) < 4.78 is 5.34. The first kappa shape index (κ1) is 13.1. The average molecular weight is 283 g/mol. The molecular weight excluding hydrogens is 270 g/mol. The number of aromatic nitrogens is 1. The molecule has 2 heterocycles. The van der Waals surface area contributed by atoms with E-state index in [2.05, 4.69) is 4.98 Å². The van der Waals surface area contributed by atoms with Crippen LogP contribution in [0.25, 0.3) is 10.8 Å². The van der Waals surface area contributed by atoms with Gasteiger partial charge in [-0.1, -0.05) is 0 Å². The molecule has 2 aromatic heterocycles. The largest absolute Gasteiger partial charge is 0.467 e. The van der Waals surface area contributed by atoms with Gasteiger partial charge >= 0.3 is 0 Å². The van der Waals surface area contributed by atoms with E-state index in [1.807, 2.05) is 24.1 Å². The molecule has 0 aliphatic carbocycles. The van der Waals surface area contributed by atoms with Crippen LogP contribution in [0.2, 0.25) is 0 Å². The van der Waals surface area contributed by atoms with Gasteiger partial charge in [0.1, 0.15) is 5.76 Å². The van der Waals surface area contributed by atoms with E-state index in [0.717, 1.165) is 16.8 Å². The summed E-state index contributed by atoms with van der Waals surface area (Å²) in [7, 11) is 1.92. The lowest BCUT2D eigenvalue weighted by Gasteiger charge is -2.19. The van der Waals surface area contributed by atoms with Gasteiger partial charge in [0, 0.05) is 36.6 Å². The topological polar surface area (TPSA) is 72.4 Å². The van der Waals surface area contributed by atoms with Crippen molar-refractivity contribution in [2.45, 2.75) is 6.54 Å². The Bertz CT molecular complexity index is 784. The number of furan rings is 1. The van der Waals surface area contributed by atoms with E-state index in [0.29, 0.717) is 11.9 Å². The van der Waals surface area contributed by atoms with Crippen LogP contribution in [-0.4, -0.2) is 17.0 Å². The van der Waals surface area contributed by atoms with Crippen LogP contribution in [0.3, 0.4) is 0 Å². The van der Waals surface area contributed by atoms with E-state index in [-0.39, 0.29) is 10.6 Å². The Morgan fingerprint density at radius 2 is 2.14 bits per heavy atom. The number of nitrogens with zero attached hydrogens (tertiary/aromatic N) is 3. The molecule has 0 fully saturated rings. The molecule has 21 heavy (non-hydrogen) atoms. The first-order valence-corrected chi connectivity index (χ1v) is 6.41. The van der Waals surface area contributed by atoms with Crippen LogP contribution in [0, 0.1) is 10.1 Å². The zero-order valence-corrected chi connectivity index (χ0v) is 11.4. The van der Waals surface area contributed by atoms with Crippen LogP contribution in [0.1, 0.15) is 5.76 Å². The van der Waals surface area contributed by atoms with E-state index in [9.17, 15) is 10.1 Å². The van der Waals surface area contributed by atoms with Crippen molar-refractivity contribution in [3.8, 4) is 0 Å². The summed E-state index contributed by atoms with van der Waals surface area (Å²) in [6, 6.07) is 8.78. The Kier molecular flexibility index (Phi) is 3.27. The molecule has 0 N–H and O–H groups in total. The molecule has 0 saturated carbocycles. The Morgan fingerprint density at radius 1 is 1.29 bits per heavy atom. The maximum atomic E-state index is 11.1. The number of hydrogen-bond acceptors (Lipinski definition) is 5. The number of hydrogen-bond donors (Lipinski definition) is 0. The van der Waals surface area contributed by atoms with Crippen molar-refractivity contribution in [1.82, 2.24) is 4.98 Å². The summed E-state index contributed by atoms with van der Waals surface area (Å²) in [6.07, 6.45) is 4.79. The molecule has 0 aliphatic rings. The quantitative estimate of drug-likeness (QED) is 0.542. The van der Waals surface area contributed by atoms with Crippen LogP contribution in [0.15, 0.2) is 53.4 Å². The minimum atomic E-state index is -0.389. The van der Waals surface area contributed by atoms with Gasteiger partial charge in [-0.15, -0.1) is 0 Å². The molecule has 6 nitrogen and oxygen atoms in total. The molecule has 0 radical (unpaired) electrons. The van der Waals surface area contributed by atoms with Crippen molar-refractivity contribution in [1.29, 1.82) is 0 Å². The van der Waals surface area contributed by atoms with Gasteiger partial charge in [0.25, 0.3) is 5.69 Å². The fourth-order valence-electron chi connectivity index (χ4n) is 2.37. The molecule has 0 unspecified atom stereocenters. The van der Waals surface area contributed by atoms with Gasteiger partial charge in [0.2, 0.25) is 0 Å². The normalized spacial score (nSPS) is 10.7. The molecular formula is C15H13N3O3. The number of nitro benzene ring substituents is 1. The van der Waals surface area contributed by atoms with Crippen LogP contribution in [0.5, 0.6) is 0 Å². The van der Waals surface area contributed by atoms with Crippen molar-refractivity contribution in [2.75, 3.05) is 11.9 Å². The molecule has 0 amide bonds. The zero-order chi connectivity index (χ0) is 14.8. The SMILES string of the molecule is CN(Cc1ccco1)c1ccc([N+](=O)[O-])c2cnccc12. The first-order valence-electron chi connectivity index (χ1n) is 6.41. The van der Waals surface area contributed by atoms with Crippen LogP contribution >= 0.6 is 0 Å². The van der Waals surface area contributed by atoms with Crippen molar-refractivity contribution < 1.29 is 9.34 Å². The van der Waals surface area contributed by atoms with Crippen molar-refractivity contribution in [2.24, 2.45) is 0 Å². The van der Waals surface area contributed by atoms with Gasteiger partial charge in [0.05, 0.1) is 23.1 Å². The highest BCUT2D eigenvalue weighted by molar-refractivity contribution is 5.99.